The largest absolute Gasteiger partial charge is 0.348 e. The number of hydrogen-bond donors (Lipinski definition) is 1. The normalized spacial score (nSPS) is 11.0. The number of para-hydroxylation sites is 1. The van der Waals surface area contributed by atoms with E-state index in [9.17, 15) is 9.59 Å². The van der Waals surface area contributed by atoms with E-state index in [2.05, 4.69) is 37.9 Å². The summed E-state index contributed by atoms with van der Waals surface area (Å²) in [6.07, 6.45) is 1.79. The third-order valence-electron chi connectivity index (χ3n) is 4.36. The molecular formula is C19H28ClN3O2. The Hall–Kier alpha value is -1.85. The van der Waals surface area contributed by atoms with E-state index in [0.29, 0.717) is 12.1 Å². The maximum atomic E-state index is 12.6. The van der Waals surface area contributed by atoms with E-state index < -0.39 is 11.7 Å². The van der Waals surface area contributed by atoms with Crippen molar-refractivity contribution >= 4 is 35.0 Å². The van der Waals surface area contributed by atoms with Crippen molar-refractivity contribution in [1.29, 1.82) is 0 Å². The van der Waals surface area contributed by atoms with Crippen LogP contribution >= 0.6 is 12.4 Å². The molecule has 25 heavy (non-hydrogen) atoms. The fraction of sp³-hybridized carbons (Fsp3) is 0.474. The number of fused-ring (bicyclic) bond motifs is 1. The van der Waals surface area contributed by atoms with Crippen LogP contribution in [0.2, 0.25) is 0 Å². The molecule has 0 spiro atoms. The van der Waals surface area contributed by atoms with Gasteiger partial charge in [-0.05, 0) is 33.0 Å². The molecule has 0 aliphatic rings. The van der Waals surface area contributed by atoms with Gasteiger partial charge in [-0.3, -0.25) is 9.59 Å². The first-order valence-electron chi connectivity index (χ1n) is 8.64. The maximum absolute atomic E-state index is 12.6. The van der Waals surface area contributed by atoms with Crippen molar-refractivity contribution in [1.82, 2.24) is 14.8 Å². The van der Waals surface area contributed by atoms with E-state index in [1.165, 1.54) is 0 Å². The zero-order chi connectivity index (χ0) is 17.7. The molecule has 0 aliphatic carbocycles. The van der Waals surface area contributed by atoms with Crippen LogP contribution in [-0.2, 0) is 4.79 Å². The lowest BCUT2D eigenvalue weighted by Crippen LogP contribution is -2.37. The predicted molar refractivity (Wildman–Crippen MR) is 105 cm³/mol. The van der Waals surface area contributed by atoms with Gasteiger partial charge in [0.05, 0.1) is 5.56 Å². The molecule has 0 saturated heterocycles. The first kappa shape index (κ1) is 21.2. The second kappa shape index (κ2) is 9.59. The van der Waals surface area contributed by atoms with Gasteiger partial charge in [0.1, 0.15) is 0 Å². The van der Waals surface area contributed by atoms with Crippen molar-refractivity contribution in [3.8, 4) is 0 Å². The summed E-state index contributed by atoms with van der Waals surface area (Å²) in [5.74, 6) is -1.00. The lowest BCUT2D eigenvalue weighted by atomic mass is 10.1. The smallest absolute Gasteiger partial charge is 0.292 e. The van der Waals surface area contributed by atoms with E-state index in [1.807, 2.05) is 28.8 Å². The number of rotatable bonds is 8. The summed E-state index contributed by atoms with van der Waals surface area (Å²) < 4.78 is 2.03. The number of nitrogens with zero attached hydrogens (tertiary/aromatic N) is 2. The summed E-state index contributed by atoms with van der Waals surface area (Å²) in [6, 6.07) is 7.93. The fourth-order valence-corrected chi connectivity index (χ4v) is 2.88. The zero-order valence-electron chi connectivity index (χ0n) is 15.4. The highest BCUT2D eigenvalue weighted by Gasteiger charge is 2.21. The second-order valence-electron chi connectivity index (χ2n) is 6.17. The number of nitrogens with one attached hydrogen (secondary N) is 1. The molecule has 2 aromatic rings. The molecule has 0 atom stereocenters. The van der Waals surface area contributed by atoms with E-state index in [-0.39, 0.29) is 18.4 Å². The van der Waals surface area contributed by atoms with Gasteiger partial charge in [-0.25, -0.2) is 0 Å². The molecule has 0 saturated carbocycles. The van der Waals surface area contributed by atoms with Gasteiger partial charge in [-0.1, -0.05) is 32.0 Å². The van der Waals surface area contributed by atoms with Gasteiger partial charge in [0.25, 0.3) is 11.7 Å². The monoisotopic (exact) mass is 365 g/mol. The molecular weight excluding hydrogens is 338 g/mol. The van der Waals surface area contributed by atoms with Crippen molar-refractivity contribution in [2.45, 2.75) is 33.7 Å². The number of amides is 1. The first-order chi connectivity index (χ1) is 11.5. The van der Waals surface area contributed by atoms with Gasteiger partial charge in [0, 0.05) is 36.2 Å². The number of halogens is 1. The Kier molecular flexibility index (Phi) is 8.13. The maximum Gasteiger partial charge on any atom is 0.292 e. The van der Waals surface area contributed by atoms with E-state index in [1.54, 1.807) is 6.20 Å². The number of hydrogen-bond acceptors (Lipinski definition) is 3. The van der Waals surface area contributed by atoms with Crippen molar-refractivity contribution in [2.75, 3.05) is 26.2 Å². The van der Waals surface area contributed by atoms with Crippen LogP contribution in [0.1, 0.15) is 44.1 Å². The molecule has 5 nitrogen and oxygen atoms in total. The Morgan fingerprint density at radius 2 is 1.80 bits per heavy atom. The van der Waals surface area contributed by atoms with Gasteiger partial charge in [-0.2, -0.15) is 0 Å². The van der Waals surface area contributed by atoms with Crippen LogP contribution in [-0.4, -0.2) is 47.3 Å². The van der Waals surface area contributed by atoms with Crippen LogP contribution < -0.4 is 5.32 Å². The minimum absolute atomic E-state index is 0. The first-order valence-corrected chi connectivity index (χ1v) is 8.64. The SMILES string of the molecule is CCN(CC)CCNC(=O)C(=O)c1cn(C(C)C)c2ccccc12.Cl. The topological polar surface area (TPSA) is 54.3 Å². The molecule has 6 heteroatoms. The number of carbonyl (C=O) groups is 2. The number of ketones is 1. The summed E-state index contributed by atoms with van der Waals surface area (Å²) in [4.78, 5) is 27.0. The third-order valence-corrected chi connectivity index (χ3v) is 4.36. The van der Waals surface area contributed by atoms with Gasteiger partial charge in [0.2, 0.25) is 0 Å². The average molecular weight is 366 g/mol. The van der Waals surface area contributed by atoms with E-state index >= 15 is 0 Å². The molecule has 0 bridgehead atoms. The molecule has 0 fully saturated rings. The van der Waals surface area contributed by atoms with E-state index in [4.69, 9.17) is 0 Å². The summed E-state index contributed by atoms with van der Waals surface area (Å²) >= 11 is 0. The number of likely N-dealkylation sites (N-methyl/N-ethyl adjacent to an activating group) is 1. The van der Waals surface area contributed by atoms with Crippen molar-refractivity contribution in [3.05, 3.63) is 36.0 Å². The highest BCUT2D eigenvalue weighted by molar-refractivity contribution is 6.45. The van der Waals surface area contributed by atoms with Gasteiger partial charge in [-0.15, -0.1) is 12.4 Å². The quantitative estimate of drug-likeness (QED) is 0.577. The average Bonchev–Trinajstić information content (AvgIpc) is 2.97. The zero-order valence-corrected chi connectivity index (χ0v) is 16.2. The van der Waals surface area contributed by atoms with Gasteiger partial charge < -0.3 is 14.8 Å². The minimum Gasteiger partial charge on any atom is -0.348 e. The highest BCUT2D eigenvalue weighted by Crippen LogP contribution is 2.24. The van der Waals surface area contributed by atoms with Crippen molar-refractivity contribution < 1.29 is 9.59 Å². The summed E-state index contributed by atoms with van der Waals surface area (Å²) in [7, 11) is 0. The Balaban J connectivity index is 0.00000312. The molecule has 1 N–H and O–H groups in total. The van der Waals surface area contributed by atoms with Gasteiger partial charge >= 0.3 is 0 Å². The van der Waals surface area contributed by atoms with Crippen molar-refractivity contribution in [2.24, 2.45) is 0 Å². The Morgan fingerprint density at radius 1 is 1.16 bits per heavy atom. The molecule has 1 amide bonds. The Bertz CT molecular complexity index is 721. The third kappa shape index (κ3) is 4.83. The van der Waals surface area contributed by atoms with Crippen LogP contribution in [0.15, 0.2) is 30.5 Å². The van der Waals surface area contributed by atoms with Crippen LogP contribution in [0.25, 0.3) is 10.9 Å². The lowest BCUT2D eigenvalue weighted by Gasteiger charge is -2.17. The number of aromatic nitrogens is 1. The molecule has 1 heterocycles. The summed E-state index contributed by atoms with van der Waals surface area (Å²) in [6.45, 7) is 11.4. The molecule has 2 rings (SSSR count). The minimum atomic E-state index is -0.534. The summed E-state index contributed by atoms with van der Waals surface area (Å²) in [5.41, 5.74) is 1.45. The molecule has 0 aliphatic heterocycles. The fourth-order valence-electron chi connectivity index (χ4n) is 2.88. The Labute approximate surface area is 155 Å². The van der Waals surface area contributed by atoms with Crippen molar-refractivity contribution in [3.63, 3.8) is 0 Å². The molecule has 138 valence electrons. The lowest BCUT2D eigenvalue weighted by molar-refractivity contribution is -0.117. The van der Waals surface area contributed by atoms with E-state index in [0.717, 1.165) is 30.5 Å². The van der Waals surface area contributed by atoms with Crippen LogP contribution in [0.4, 0.5) is 0 Å². The predicted octanol–water partition coefficient (Wildman–Crippen LogP) is 3.28. The number of benzene rings is 1. The van der Waals surface area contributed by atoms with Crippen LogP contribution in [0, 0.1) is 0 Å². The molecule has 1 aromatic carbocycles. The number of Topliss-reactive ketones (excluding diaryl/α,β-unsaturated/α-hetero) is 1. The second-order valence-corrected chi connectivity index (χ2v) is 6.17. The van der Waals surface area contributed by atoms with Crippen LogP contribution in [0.5, 0.6) is 0 Å². The molecule has 0 radical (unpaired) electrons. The molecule has 1 aromatic heterocycles. The molecule has 0 unspecified atom stereocenters. The summed E-state index contributed by atoms with van der Waals surface area (Å²) in [5, 5.41) is 3.57. The standard InChI is InChI=1S/C19H27N3O2.ClH/c1-5-21(6-2)12-11-20-19(24)18(23)16-13-22(14(3)4)17-10-8-7-9-15(16)17;/h7-10,13-14H,5-6,11-12H2,1-4H3,(H,20,24);1H. The number of carbonyl (C=O) groups excluding carboxylic acids is 2. The van der Waals surface area contributed by atoms with Gasteiger partial charge in [0.15, 0.2) is 0 Å². The highest BCUT2D eigenvalue weighted by atomic mass is 35.5. The Morgan fingerprint density at radius 3 is 2.40 bits per heavy atom. The van der Waals surface area contributed by atoms with Crippen LogP contribution in [0.3, 0.4) is 0 Å².